The Bertz CT molecular complexity index is 782. The Morgan fingerprint density at radius 2 is 2.04 bits per heavy atom. The van der Waals surface area contributed by atoms with Gasteiger partial charge in [-0.15, -0.1) is 0 Å². The van der Waals surface area contributed by atoms with Crippen LogP contribution in [0.4, 0.5) is 0 Å². The second kappa shape index (κ2) is 7.94. The zero-order valence-electron chi connectivity index (χ0n) is 13.9. The van der Waals surface area contributed by atoms with Crippen LogP contribution in [-0.2, 0) is 11.2 Å². The molecule has 0 aliphatic rings. The summed E-state index contributed by atoms with van der Waals surface area (Å²) in [5.74, 6) is -1.24. The zero-order valence-corrected chi connectivity index (χ0v) is 13.9. The highest BCUT2D eigenvalue weighted by molar-refractivity contribution is 5.92. The van der Waals surface area contributed by atoms with Crippen molar-refractivity contribution in [2.24, 2.45) is 0 Å². The fourth-order valence-electron chi connectivity index (χ4n) is 2.54. The summed E-state index contributed by atoms with van der Waals surface area (Å²) in [6.45, 7) is 0.834. The molecule has 130 valence electrons. The molecule has 1 aromatic carbocycles. The summed E-state index contributed by atoms with van der Waals surface area (Å²) in [4.78, 5) is 23.8. The molecular weight excluding hydrogens is 312 g/mol. The third-order valence-electron chi connectivity index (χ3n) is 3.70. The summed E-state index contributed by atoms with van der Waals surface area (Å²) in [5, 5.41) is 20.0. The van der Waals surface area contributed by atoms with Crippen molar-refractivity contribution in [2.45, 2.75) is 12.8 Å². The summed E-state index contributed by atoms with van der Waals surface area (Å²) in [7, 11) is 3.56. The van der Waals surface area contributed by atoms with Gasteiger partial charge in [-0.1, -0.05) is 6.07 Å². The lowest BCUT2D eigenvalue weighted by Crippen LogP contribution is -2.29. The van der Waals surface area contributed by atoms with Crippen molar-refractivity contribution in [1.82, 2.24) is 4.68 Å². The summed E-state index contributed by atoms with van der Waals surface area (Å²) >= 11 is 0. The van der Waals surface area contributed by atoms with Crippen LogP contribution >= 0.6 is 0 Å². The number of aromatic nitrogens is 1. The van der Waals surface area contributed by atoms with Crippen LogP contribution in [0.5, 0.6) is 0 Å². The van der Waals surface area contributed by atoms with E-state index in [1.807, 2.05) is 12.1 Å². The van der Waals surface area contributed by atoms with Crippen LogP contribution in [0, 0.1) is 0 Å². The minimum Gasteiger partial charge on any atom is -0.477 e. The van der Waals surface area contributed by atoms with Gasteiger partial charge in [0.05, 0.1) is 18.7 Å². The molecule has 7 heteroatoms. The number of aryl methyl sites for hydroxylation is 1. The minimum absolute atomic E-state index is 0.00197. The van der Waals surface area contributed by atoms with E-state index in [2.05, 4.69) is 0 Å². The molecule has 0 radical (unpaired) electrons. The summed E-state index contributed by atoms with van der Waals surface area (Å²) < 4.78 is 6.86. The number of hydrogen-bond acceptors (Lipinski definition) is 5. The van der Waals surface area contributed by atoms with E-state index in [0.717, 1.165) is 12.0 Å². The van der Waals surface area contributed by atoms with Crippen molar-refractivity contribution in [3.8, 4) is 0 Å². The van der Waals surface area contributed by atoms with Crippen LogP contribution in [0.3, 0.4) is 0 Å². The van der Waals surface area contributed by atoms with Gasteiger partial charge < -0.3 is 20.0 Å². The topological polar surface area (TPSA) is 92.0 Å². The van der Waals surface area contributed by atoms with Crippen molar-refractivity contribution in [2.75, 3.05) is 38.9 Å². The van der Waals surface area contributed by atoms with Gasteiger partial charge in [0.2, 0.25) is 5.43 Å². The minimum atomic E-state index is -1.24. The normalized spacial score (nSPS) is 11.0. The molecule has 0 saturated carbocycles. The smallest absolute Gasteiger partial charge is 0.341 e. The molecule has 0 fully saturated rings. The number of carboxylic acids is 1. The second-order valence-electron chi connectivity index (χ2n) is 5.66. The first-order chi connectivity index (χ1) is 11.5. The van der Waals surface area contributed by atoms with Gasteiger partial charge in [-0.25, -0.2) is 4.79 Å². The fourth-order valence-corrected chi connectivity index (χ4v) is 2.54. The van der Waals surface area contributed by atoms with E-state index >= 15 is 0 Å². The van der Waals surface area contributed by atoms with Crippen LogP contribution < -0.4 is 10.4 Å². The van der Waals surface area contributed by atoms with E-state index in [1.54, 1.807) is 29.8 Å². The number of hydrogen-bond donors (Lipinski definition) is 2. The molecule has 0 amide bonds. The summed E-state index contributed by atoms with van der Waals surface area (Å²) in [5.41, 5.74) is 0.879. The highest BCUT2D eigenvalue weighted by Crippen LogP contribution is 2.16. The third-order valence-corrected chi connectivity index (χ3v) is 3.70. The molecule has 2 N–H and O–H groups in total. The number of nitrogens with zero attached hydrogens (tertiary/aromatic N) is 2. The SMILES string of the molecule is CN(C)n1cc(C(=O)O)c(=O)c2cc(CCCOCCO)ccc21. The number of fused-ring (bicyclic) bond motifs is 1. The molecule has 0 unspecified atom stereocenters. The van der Waals surface area contributed by atoms with Crippen LogP contribution in [0.15, 0.2) is 29.2 Å². The lowest BCUT2D eigenvalue weighted by atomic mass is 10.0. The van der Waals surface area contributed by atoms with Crippen LogP contribution in [0.1, 0.15) is 22.3 Å². The molecule has 0 aliphatic carbocycles. The molecule has 0 spiro atoms. The first kappa shape index (κ1) is 18.0. The van der Waals surface area contributed by atoms with Crippen LogP contribution in [0.25, 0.3) is 10.9 Å². The van der Waals surface area contributed by atoms with Gasteiger partial charge in [0, 0.05) is 32.3 Å². The van der Waals surface area contributed by atoms with Gasteiger partial charge >= 0.3 is 5.97 Å². The van der Waals surface area contributed by atoms with Crippen molar-refractivity contribution < 1.29 is 19.7 Å². The quantitative estimate of drug-likeness (QED) is 0.695. The second-order valence-corrected chi connectivity index (χ2v) is 5.66. The molecule has 2 rings (SSSR count). The molecule has 0 saturated heterocycles. The highest BCUT2D eigenvalue weighted by atomic mass is 16.5. The molecule has 1 heterocycles. The lowest BCUT2D eigenvalue weighted by Gasteiger charge is -2.20. The number of carbonyl (C=O) groups is 1. The predicted octanol–water partition coefficient (Wildman–Crippen LogP) is 0.839. The van der Waals surface area contributed by atoms with Gasteiger partial charge in [-0.3, -0.25) is 9.47 Å². The first-order valence-electron chi connectivity index (χ1n) is 7.73. The highest BCUT2D eigenvalue weighted by Gasteiger charge is 2.15. The van der Waals surface area contributed by atoms with E-state index < -0.39 is 11.4 Å². The van der Waals surface area contributed by atoms with E-state index in [4.69, 9.17) is 9.84 Å². The van der Waals surface area contributed by atoms with Crippen molar-refractivity contribution in [3.63, 3.8) is 0 Å². The van der Waals surface area contributed by atoms with Gasteiger partial charge in [0.25, 0.3) is 0 Å². The largest absolute Gasteiger partial charge is 0.477 e. The van der Waals surface area contributed by atoms with Crippen molar-refractivity contribution in [1.29, 1.82) is 0 Å². The summed E-state index contributed by atoms with van der Waals surface area (Å²) in [6, 6.07) is 5.50. The molecule has 0 aliphatic heterocycles. The monoisotopic (exact) mass is 334 g/mol. The van der Waals surface area contributed by atoms with Gasteiger partial charge in [-0.05, 0) is 30.5 Å². The maximum atomic E-state index is 12.4. The average molecular weight is 334 g/mol. The van der Waals surface area contributed by atoms with Crippen molar-refractivity contribution in [3.05, 3.63) is 45.7 Å². The Morgan fingerprint density at radius 3 is 2.67 bits per heavy atom. The Hall–Kier alpha value is -2.38. The Kier molecular flexibility index (Phi) is 5.94. The average Bonchev–Trinajstić information content (AvgIpc) is 2.54. The van der Waals surface area contributed by atoms with E-state index in [0.29, 0.717) is 30.5 Å². The maximum absolute atomic E-state index is 12.4. The Morgan fingerprint density at radius 1 is 1.29 bits per heavy atom. The molecule has 1 aromatic heterocycles. The number of rotatable bonds is 8. The standard InChI is InChI=1S/C17H22N2O5/c1-18(2)19-11-14(17(22)23)16(21)13-10-12(5-6-15(13)19)4-3-8-24-9-7-20/h5-6,10-11,20H,3-4,7-9H2,1-2H3,(H,22,23). The maximum Gasteiger partial charge on any atom is 0.341 e. The van der Waals surface area contributed by atoms with Crippen LogP contribution in [0.2, 0.25) is 0 Å². The van der Waals surface area contributed by atoms with Crippen LogP contribution in [-0.4, -0.2) is 54.8 Å². The predicted molar refractivity (Wildman–Crippen MR) is 91.5 cm³/mol. The number of aromatic carboxylic acids is 1. The number of carboxylic acid groups (broad SMARTS) is 1. The molecule has 24 heavy (non-hydrogen) atoms. The number of aliphatic hydroxyl groups excluding tert-OH is 1. The van der Waals surface area contributed by atoms with Crippen molar-refractivity contribution >= 4 is 16.9 Å². The number of benzene rings is 1. The molecule has 2 aromatic rings. The lowest BCUT2D eigenvalue weighted by molar-refractivity contribution is 0.0695. The van der Waals surface area contributed by atoms with E-state index in [1.165, 1.54) is 6.20 Å². The summed E-state index contributed by atoms with van der Waals surface area (Å²) in [6.07, 6.45) is 2.81. The van der Waals surface area contributed by atoms with Gasteiger partial charge in [0.1, 0.15) is 5.56 Å². The van der Waals surface area contributed by atoms with Gasteiger partial charge in [0.15, 0.2) is 0 Å². The fraction of sp³-hybridized carbons (Fsp3) is 0.412. The number of pyridine rings is 1. The zero-order chi connectivity index (χ0) is 17.7. The molecule has 0 atom stereocenters. The van der Waals surface area contributed by atoms with E-state index in [9.17, 15) is 14.7 Å². The Labute approximate surface area is 139 Å². The van der Waals surface area contributed by atoms with E-state index in [-0.39, 0.29) is 12.2 Å². The first-order valence-corrected chi connectivity index (χ1v) is 7.73. The number of ether oxygens (including phenoxy) is 1. The molecule has 0 bridgehead atoms. The number of aliphatic hydroxyl groups is 1. The Balaban J connectivity index is 2.38. The third kappa shape index (κ3) is 3.93. The van der Waals surface area contributed by atoms with Gasteiger partial charge in [-0.2, -0.15) is 0 Å². The molecule has 7 nitrogen and oxygen atoms in total. The molecular formula is C17H22N2O5.